The van der Waals surface area contributed by atoms with Gasteiger partial charge in [-0.15, -0.1) is 0 Å². The lowest BCUT2D eigenvalue weighted by Crippen LogP contribution is -2.25. The Bertz CT molecular complexity index is 477. The first kappa shape index (κ1) is 14.8. The highest BCUT2D eigenvalue weighted by atomic mass is 16.6. The van der Waals surface area contributed by atoms with Gasteiger partial charge in [0, 0.05) is 19.2 Å². The number of aromatic nitrogens is 1. The summed E-state index contributed by atoms with van der Waals surface area (Å²) >= 11 is 0. The average Bonchev–Trinajstić information content (AvgIpc) is 2.33. The highest BCUT2D eigenvalue weighted by molar-refractivity contribution is 5.67. The van der Waals surface area contributed by atoms with Crippen molar-refractivity contribution in [2.75, 3.05) is 19.0 Å². The minimum absolute atomic E-state index is 0.0561. The van der Waals surface area contributed by atoms with Crippen LogP contribution in [0.3, 0.4) is 0 Å². The van der Waals surface area contributed by atoms with Crippen LogP contribution in [-0.4, -0.2) is 40.7 Å². The molecule has 8 heteroatoms. The number of hydrogen-bond acceptors (Lipinski definition) is 6. The molecule has 0 amide bonds. The largest absolute Gasteiger partial charge is 0.481 e. The van der Waals surface area contributed by atoms with Gasteiger partial charge in [0.1, 0.15) is 12.0 Å². The number of methoxy groups -OCH3 is 1. The number of carboxylic acid groups (broad SMARTS) is 1. The van der Waals surface area contributed by atoms with Gasteiger partial charge in [-0.2, -0.15) is 0 Å². The maximum Gasteiger partial charge on any atom is 0.306 e. The van der Waals surface area contributed by atoms with Crippen molar-refractivity contribution in [3.63, 3.8) is 0 Å². The van der Waals surface area contributed by atoms with E-state index in [1.165, 1.54) is 13.2 Å². The second-order valence-electron chi connectivity index (χ2n) is 3.95. The number of hydrogen-bond donors (Lipinski definition) is 2. The van der Waals surface area contributed by atoms with Crippen LogP contribution in [0.1, 0.15) is 12.0 Å². The second kappa shape index (κ2) is 6.64. The number of ether oxygens (including phenoxy) is 1. The van der Waals surface area contributed by atoms with Crippen molar-refractivity contribution in [1.29, 1.82) is 0 Å². The molecule has 0 bridgehead atoms. The monoisotopic (exact) mass is 269 g/mol. The molecule has 1 heterocycles. The topological polar surface area (TPSA) is 115 Å². The van der Waals surface area contributed by atoms with Crippen LogP contribution in [0.15, 0.2) is 12.3 Å². The van der Waals surface area contributed by atoms with Gasteiger partial charge in [-0.25, -0.2) is 4.98 Å². The third-order valence-electron chi connectivity index (χ3n) is 2.53. The molecular weight excluding hydrogens is 254 g/mol. The van der Waals surface area contributed by atoms with Gasteiger partial charge in [0.2, 0.25) is 0 Å². The van der Waals surface area contributed by atoms with Gasteiger partial charge in [-0.1, -0.05) is 0 Å². The number of rotatable bonds is 7. The van der Waals surface area contributed by atoms with Gasteiger partial charge in [-0.05, 0) is 13.0 Å². The Morgan fingerprint density at radius 1 is 1.68 bits per heavy atom. The zero-order valence-corrected chi connectivity index (χ0v) is 10.6. The van der Waals surface area contributed by atoms with E-state index >= 15 is 0 Å². The Kier molecular flexibility index (Phi) is 5.19. The summed E-state index contributed by atoms with van der Waals surface area (Å²) in [6, 6.07) is 1.53. The third-order valence-corrected chi connectivity index (χ3v) is 2.53. The Hall–Kier alpha value is -2.22. The number of aliphatic carboxylic acids is 1. The van der Waals surface area contributed by atoms with E-state index in [0.717, 1.165) is 6.20 Å². The summed E-state index contributed by atoms with van der Waals surface area (Å²) in [5.41, 5.74) is 0.425. The molecule has 0 aliphatic heterocycles. The lowest BCUT2D eigenvalue weighted by molar-refractivity contribution is -0.385. The van der Waals surface area contributed by atoms with E-state index in [1.807, 2.05) is 0 Å². The van der Waals surface area contributed by atoms with Crippen LogP contribution < -0.4 is 5.32 Å². The maximum absolute atomic E-state index is 10.6. The van der Waals surface area contributed by atoms with E-state index in [1.54, 1.807) is 6.92 Å². The van der Waals surface area contributed by atoms with E-state index in [2.05, 4.69) is 10.3 Å². The number of nitrogens with zero attached hydrogens (tertiary/aromatic N) is 2. The molecule has 1 rings (SSSR count). The molecular formula is C11H15N3O5. The lowest BCUT2D eigenvalue weighted by atomic mass is 10.2. The number of anilines is 1. The predicted octanol–water partition coefficient (Wildman–Crippen LogP) is 1.20. The first-order valence-corrected chi connectivity index (χ1v) is 5.53. The molecule has 0 saturated heterocycles. The summed E-state index contributed by atoms with van der Waals surface area (Å²) in [5.74, 6) is -0.517. The molecule has 0 aliphatic rings. The second-order valence-corrected chi connectivity index (χ2v) is 3.95. The van der Waals surface area contributed by atoms with Gasteiger partial charge >= 0.3 is 5.97 Å². The molecule has 0 aliphatic carbocycles. The van der Waals surface area contributed by atoms with Crippen LogP contribution in [0.2, 0.25) is 0 Å². The van der Waals surface area contributed by atoms with E-state index < -0.39 is 17.0 Å². The molecule has 0 spiro atoms. The zero-order valence-electron chi connectivity index (χ0n) is 10.6. The van der Waals surface area contributed by atoms with E-state index in [-0.39, 0.29) is 18.7 Å². The molecule has 8 nitrogen and oxygen atoms in total. The minimum atomic E-state index is -0.957. The molecule has 1 aromatic rings. The van der Waals surface area contributed by atoms with Crippen LogP contribution in [0.25, 0.3) is 0 Å². The van der Waals surface area contributed by atoms with Crippen molar-refractivity contribution in [1.82, 2.24) is 4.98 Å². The third kappa shape index (κ3) is 4.51. The van der Waals surface area contributed by atoms with Gasteiger partial charge in [0.25, 0.3) is 5.69 Å². The molecule has 1 atom stereocenters. The first-order valence-electron chi connectivity index (χ1n) is 5.53. The Morgan fingerprint density at radius 2 is 2.37 bits per heavy atom. The van der Waals surface area contributed by atoms with Crippen molar-refractivity contribution >= 4 is 17.5 Å². The Balaban J connectivity index is 2.65. The summed E-state index contributed by atoms with van der Waals surface area (Å²) in [5, 5.41) is 22.2. The molecule has 0 saturated carbocycles. The maximum atomic E-state index is 10.6. The summed E-state index contributed by atoms with van der Waals surface area (Å²) < 4.78 is 5.00. The SMILES string of the molecule is COC(CNc1cc(C)c([N+](=O)[O-])cn1)CC(=O)O. The molecule has 0 fully saturated rings. The quantitative estimate of drug-likeness (QED) is 0.564. The van der Waals surface area contributed by atoms with Gasteiger partial charge < -0.3 is 15.2 Å². The van der Waals surface area contributed by atoms with Gasteiger partial charge in [0.05, 0.1) is 17.4 Å². The van der Waals surface area contributed by atoms with E-state index in [0.29, 0.717) is 11.4 Å². The van der Waals surface area contributed by atoms with E-state index in [4.69, 9.17) is 9.84 Å². The summed E-state index contributed by atoms with van der Waals surface area (Å²) in [4.78, 5) is 24.6. The number of nitro groups is 1. The Morgan fingerprint density at radius 3 is 2.84 bits per heavy atom. The number of nitrogens with one attached hydrogen (secondary N) is 1. The highest BCUT2D eigenvalue weighted by Crippen LogP contribution is 2.18. The summed E-state index contributed by atoms with van der Waals surface area (Å²) in [6.07, 6.45) is 0.543. The fourth-order valence-corrected chi connectivity index (χ4v) is 1.49. The van der Waals surface area contributed by atoms with Crippen molar-refractivity contribution in [3.05, 3.63) is 27.9 Å². The van der Waals surface area contributed by atoms with Crippen molar-refractivity contribution < 1.29 is 19.6 Å². The molecule has 104 valence electrons. The normalized spacial score (nSPS) is 11.9. The number of carbonyl (C=O) groups is 1. The zero-order chi connectivity index (χ0) is 14.4. The fraction of sp³-hybridized carbons (Fsp3) is 0.455. The Labute approximate surface area is 109 Å². The number of carboxylic acids is 1. The molecule has 19 heavy (non-hydrogen) atoms. The lowest BCUT2D eigenvalue weighted by Gasteiger charge is -2.14. The highest BCUT2D eigenvalue weighted by Gasteiger charge is 2.14. The molecule has 1 aromatic heterocycles. The smallest absolute Gasteiger partial charge is 0.306 e. The molecule has 2 N–H and O–H groups in total. The van der Waals surface area contributed by atoms with E-state index in [9.17, 15) is 14.9 Å². The van der Waals surface area contributed by atoms with Crippen LogP contribution in [0.5, 0.6) is 0 Å². The van der Waals surface area contributed by atoms with Gasteiger partial charge in [0.15, 0.2) is 0 Å². The molecule has 0 radical (unpaired) electrons. The summed E-state index contributed by atoms with van der Waals surface area (Å²) in [6.45, 7) is 1.86. The van der Waals surface area contributed by atoms with Crippen LogP contribution >= 0.6 is 0 Å². The minimum Gasteiger partial charge on any atom is -0.481 e. The predicted molar refractivity (Wildman–Crippen MR) is 67.2 cm³/mol. The van der Waals surface area contributed by atoms with Crippen LogP contribution in [0.4, 0.5) is 11.5 Å². The van der Waals surface area contributed by atoms with Crippen molar-refractivity contribution in [2.45, 2.75) is 19.4 Å². The first-order chi connectivity index (χ1) is 8.93. The van der Waals surface area contributed by atoms with Gasteiger partial charge in [-0.3, -0.25) is 14.9 Å². The summed E-state index contributed by atoms with van der Waals surface area (Å²) in [7, 11) is 1.42. The fourth-order valence-electron chi connectivity index (χ4n) is 1.49. The number of pyridine rings is 1. The molecule has 1 unspecified atom stereocenters. The standard InChI is InChI=1S/C11H15N3O5/c1-7-3-10(13-6-9(7)14(17)18)12-5-8(19-2)4-11(15)16/h3,6,8H,4-5H2,1-2H3,(H,12,13)(H,15,16). The van der Waals surface area contributed by atoms with Crippen molar-refractivity contribution in [3.8, 4) is 0 Å². The number of aryl methyl sites for hydroxylation is 1. The van der Waals surface area contributed by atoms with Crippen LogP contribution in [-0.2, 0) is 9.53 Å². The van der Waals surface area contributed by atoms with Crippen LogP contribution in [0, 0.1) is 17.0 Å². The van der Waals surface area contributed by atoms with Crippen molar-refractivity contribution in [2.24, 2.45) is 0 Å². The average molecular weight is 269 g/mol. The molecule has 0 aromatic carbocycles.